The smallest absolute Gasteiger partial charge is 0.221 e. The monoisotopic (exact) mass is 272 g/mol. The number of carbonyl (C=O) groups excluding carboxylic acids is 1. The number of amides is 1. The highest BCUT2D eigenvalue weighted by molar-refractivity contribution is 7.99. The van der Waals surface area contributed by atoms with Gasteiger partial charge in [0.25, 0.3) is 0 Å². The third-order valence-corrected chi connectivity index (χ3v) is 4.30. The number of hydrogen-bond donors (Lipinski definition) is 2. The molecule has 96 valence electrons. The first-order valence-electron chi connectivity index (χ1n) is 5.78. The summed E-state index contributed by atoms with van der Waals surface area (Å²) in [5.74, 6) is 2.26. The van der Waals surface area contributed by atoms with Crippen LogP contribution in [0.3, 0.4) is 0 Å². The topological polar surface area (TPSA) is 41.1 Å². The third-order valence-electron chi connectivity index (χ3n) is 2.24. The standard InChI is InChI=1S/C12H20N2OS2/c1-4-16-8-9(2)13-7-12-11(5-6-17-12)14-10(3)15/h5-6,9,13H,4,7-8H2,1-3H3,(H,14,15). The summed E-state index contributed by atoms with van der Waals surface area (Å²) in [5, 5.41) is 8.33. The van der Waals surface area contributed by atoms with Gasteiger partial charge in [0.1, 0.15) is 0 Å². The molecule has 1 heterocycles. The lowest BCUT2D eigenvalue weighted by atomic mass is 10.3. The number of thioether (sulfide) groups is 1. The van der Waals surface area contributed by atoms with Crippen LogP contribution in [0.25, 0.3) is 0 Å². The van der Waals surface area contributed by atoms with E-state index in [2.05, 4.69) is 24.5 Å². The molecule has 0 bridgehead atoms. The van der Waals surface area contributed by atoms with Crippen LogP contribution in [0.5, 0.6) is 0 Å². The third kappa shape index (κ3) is 5.57. The molecular weight excluding hydrogens is 252 g/mol. The van der Waals surface area contributed by atoms with Crippen LogP contribution in [-0.2, 0) is 11.3 Å². The lowest BCUT2D eigenvalue weighted by Gasteiger charge is -2.13. The van der Waals surface area contributed by atoms with Crippen LogP contribution in [0.15, 0.2) is 11.4 Å². The Balaban J connectivity index is 2.40. The van der Waals surface area contributed by atoms with Crippen LogP contribution in [0.2, 0.25) is 0 Å². The van der Waals surface area contributed by atoms with Gasteiger partial charge in [0.2, 0.25) is 5.91 Å². The van der Waals surface area contributed by atoms with Crippen LogP contribution in [0, 0.1) is 0 Å². The van der Waals surface area contributed by atoms with E-state index in [1.165, 1.54) is 11.8 Å². The number of carbonyl (C=O) groups is 1. The summed E-state index contributed by atoms with van der Waals surface area (Å²) in [6, 6.07) is 2.45. The molecular formula is C12H20N2OS2. The molecule has 1 atom stereocenters. The average Bonchev–Trinajstić information content (AvgIpc) is 2.70. The van der Waals surface area contributed by atoms with Gasteiger partial charge in [0.15, 0.2) is 0 Å². The Hall–Kier alpha value is -0.520. The quantitative estimate of drug-likeness (QED) is 0.802. The Morgan fingerprint density at radius 3 is 3.00 bits per heavy atom. The van der Waals surface area contributed by atoms with Crippen LogP contribution in [-0.4, -0.2) is 23.5 Å². The Bertz CT molecular complexity index is 352. The van der Waals surface area contributed by atoms with Gasteiger partial charge in [0, 0.05) is 30.1 Å². The van der Waals surface area contributed by atoms with Crippen molar-refractivity contribution in [1.29, 1.82) is 0 Å². The van der Waals surface area contributed by atoms with Gasteiger partial charge in [-0.1, -0.05) is 6.92 Å². The van der Waals surface area contributed by atoms with Crippen molar-refractivity contribution in [1.82, 2.24) is 5.32 Å². The fraction of sp³-hybridized carbons (Fsp3) is 0.583. The summed E-state index contributed by atoms with van der Waals surface area (Å²) in [4.78, 5) is 12.2. The van der Waals surface area contributed by atoms with Crippen LogP contribution in [0.1, 0.15) is 25.6 Å². The first kappa shape index (κ1) is 14.5. The molecule has 0 radical (unpaired) electrons. The van der Waals surface area contributed by atoms with Crippen LogP contribution in [0.4, 0.5) is 5.69 Å². The second-order valence-corrected chi connectivity index (χ2v) is 6.20. The van der Waals surface area contributed by atoms with Crippen molar-refractivity contribution < 1.29 is 4.79 Å². The Morgan fingerprint density at radius 2 is 2.35 bits per heavy atom. The molecule has 1 amide bonds. The van der Waals surface area contributed by atoms with E-state index in [9.17, 15) is 4.79 Å². The van der Waals surface area contributed by atoms with E-state index in [0.29, 0.717) is 6.04 Å². The Kier molecular flexibility index (Phi) is 6.62. The van der Waals surface area contributed by atoms with Crippen LogP contribution < -0.4 is 10.6 Å². The minimum absolute atomic E-state index is 0.0146. The summed E-state index contributed by atoms with van der Waals surface area (Å²) in [7, 11) is 0. The lowest BCUT2D eigenvalue weighted by Crippen LogP contribution is -2.27. The molecule has 0 saturated carbocycles. The van der Waals surface area contributed by atoms with Gasteiger partial charge in [-0.15, -0.1) is 11.3 Å². The van der Waals surface area contributed by atoms with Gasteiger partial charge in [-0.3, -0.25) is 4.79 Å². The second kappa shape index (κ2) is 7.74. The van der Waals surface area contributed by atoms with E-state index in [-0.39, 0.29) is 5.91 Å². The molecule has 0 spiro atoms. The first-order valence-corrected chi connectivity index (χ1v) is 7.82. The summed E-state index contributed by atoms with van der Waals surface area (Å²) >= 11 is 3.61. The molecule has 0 aliphatic carbocycles. The predicted octanol–water partition coefficient (Wildman–Crippen LogP) is 2.94. The molecule has 0 aliphatic heterocycles. The maximum atomic E-state index is 11.0. The summed E-state index contributed by atoms with van der Waals surface area (Å²) < 4.78 is 0. The zero-order valence-corrected chi connectivity index (χ0v) is 12.2. The molecule has 1 aromatic rings. The van der Waals surface area contributed by atoms with E-state index >= 15 is 0 Å². The normalized spacial score (nSPS) is 12.4. The highest BCUT2D eigenvalue weighted by Gasteiger charge is 2.07. The van der Waals surface area contributed by atoms with Crippen molar-refractivity contribution in [2.45, 2.75) is 33.4 Å². The highest BCUT2D eigenvalue weighted by Crippen LogP contribution is 2.22. The van der Waals surface area contributed by atoms with Gasteiger partial charge >= 0.3 is 0 Å². The zero-order valence-electron chi connectivity index (χ0n) is 10.6. The zero-order chi connectivity index (χ0) is 12.7. The minimum atomic E-state index is -0.0146. The van der Waals surface area contributed by atoms with Crippen molar-refractivity contribution in [3.05, 3.63) is 16.3 Å². The SMILES string of the molecule is CCSCC(C)NCc1sccc1NC(C)=O. The molecule has 1 rings (SSSR count). The molecule has 0 saturated heterocycles. The molecule has 2 N–H and O–H groups in total. The molecule has 1 unspecified atom stereocenters. The average molecular weight is 272 g/mol. The summed E-state index contributed by atoms with van der Waals surface area (Å²) in [6.45, 7) is 6.72. The number of thiophene rings is 1. The molecule has 0 aromatic carbocycles. The number of rotatable bonds is 7. The number of nitrogens with one attached hydrogen (secondary N) is 2. The molecule has 0 aliphatic rings. The van der Waals surface area contributed by atoms with Gasteiger partial charge < -0.3 is 10.6 Å². The van der Waals surface area contributed by atoms with E-state index < -0.39 is 0 Å². The maximum absolute atomic E-state index is 11.0. The Morgan fingerprint density at radius 1 is 1.59 bits per heavy atom. The van der Waals surface area contributed by atoms with Gasteiger partial charge in [-0.25, -0.2) is 0 Å². The van der Waals surface area contributed by atoms with E-state index in [1.54, 1.807) is 11.3 Å². The first-order chi connectivity index (χ1) is 8.13. The highest BCUT2D eigenvalue weighted by atomic mass is 32.2. The van der Waals surface area contributed by atoms with Gasteiger partial charge in [-0.05, 0) is 24.1 Å². The molecule has 3 nitrogen and oxygen atoms in total. The predicted molar refractivity (Wildman–Crippen MR) is 77.9 cm³/mol. The minimum Gasteiger partial charge on any atom is -0.325 e. The van der Waals surface area contributed by atoms with Gasteiger partial charge in [0.05, 0.1) is 5.69 Å². The van der Waals surface area contributed by atoms with E-state index in [0.717, 1.165) is 23.7 Å². The summed E-state index contributed by atoms with van der Waals surface area (Å²) in [6.07, 6.45) is 0. The van der Waals surface area contributed by atoms with Crippen molar-refractivity contribution in [2.75, 3.05) is 16.8 Å². The van der Waals surface area contributed by atoms with Crippen LogP contribution >= 0.6 is 23.1 Å². The van der Waals surface area contributed by atoms with Crippen molar-refractivity contribution in [2.24, 2.45) is 0 Å². The summed E-state index contributed by atoms with van der Waals surface area (Å²) in [5.41, 5.74) is 0.936. The number of hydrogen-bond acceptors (Lipinski definition) is 4. The van der Waals surface area contributed by atoms with E-state index in [4.69, 9.17) is 0 Å². The second-order valence-electron chi connectivity index (χ2n) is 3.88. The molecule has 1 aromatic heterocycles. The van der Waals surface area contributed by atoms with Crippen molar-refractivity contribution in [3.63, 3.8) is 0 Å². The lowest BCUT2D eigenvalue weighted by molar-refractivity contribution is -0.114. The van der Waals surface area contributed by atoms with Crippen molar-refractivity contribution >= 4 is 34.7 Å². The van der Waals surface area contributed by atoms with Crippen molar-refractivity contribution in [3.8, 4) is 0 Å². The Labute approximate surface area is 111 Å². The maximum Gasteiger partial charge on any atom is 0.221 e. The number of anilines is 1. The van der Waals surface area contributed by atoms with Gasteiger partial charge in [-0.2, -0.15) is 11.8 Å². The largest absolute Gasteiger partial charge is 0.325 e. The molecule has 0 fully saturated rings. The molecule has 17 heavy (non-hydrogen) atoms. The fourth-order valence-corrected chi connectivity index (χ4v) is 2.89. The molecule has 5 heteroatoms. The van der Waals surface area contributed by atoms with E-state index in [1.807, 2.05) is 23.2 Å². The fourth-order valence-electron chi connectivity index (χ4n) is 1.40.